The predicted molar refractivity (Wildman–Crippen MR) is 103 cm³/mol. The van der Waals surface area contributed by atoms with Gasteiger partial charge in [0.05, 0.1) is 17.5 Å². The molecular weight excluding hydrogens is 373 g/mol. The maximum Gasteiger partial charge on any atom is 0.237 e. The Labute approximate surface area is 167 Å². The lowest BCUT2D eigenvalue weighted by Gasteiger charge is -2.19. The van der Waals surface area contributed by atoms with Gasteiger partial charge in [-0.2, -0.15) is 0 Å². The predicted octanol–water partition coefficient (Wildman–Crippen LogP) is 3.62. The Morgan fingerprint density at radius 2 is 1.66 bits per heavy atom. The molecule has 0 N–H and O–H groups in total. The SMILES string of the molecule is O=C(COc1cccc(N2C(=O)[C@@H]3[C@H]4CC[C@@H](C4)[C@@H]3C2=O)c1)c1ccc(F)cc1. The Balaban J connectivity index is 1.31. The Morgan fingerprint density at radius 3 is 2.31 bits per heavy atom. The van der Waals surface area contributed by atoms with E-state index in [1.807, 2.05) is 0 Å². The molecule has 29 heavy (non-hydrogen) atoms. The Morgan fingerprint density at radius 1 is 1.00 bits per heavy atom. The summed E-state index contributed by atoms with van der Waals surface area (Å²) in [6, 6.07) is 12.0. The summed E-state index contributed by atoms with van der Waals surface area (Å²) in [5.74, 6) is -0.185. The van der Waals surface area contributed by atoms with Gasteiger partial charge in [-0.1, -0.05) is 6.07 Å². The average Bonchev–Trinajstić information content (AvgIpc) is 3.41. The summed E-state index contributed by atoms with van der Waals surface area (Å²) < 4.78 is 18.6. The number of fused-ring (bicyclic) bond motifs is 5. The number of rotatable bonds is 5. The zero-order valence-corrected chi connectivity index (χ0v) is 15.7. The monoisotopic (exact) mass is 393 g/mol. The Kier molecular flexibility index (Phi) is 4.23. The third-order valence-corrected chi connectivity index (χ3v) is 6.54. The third kappa shape index (κ3) is 2.94. The molecule has 0 aromatic heterocycles. The first-order valence-corrected chi connectivity index (χ1v) is 9.92. The van der Waals surface area contributed by atoms with Crippen LogP contribution in [0.4, 0.5) is 10.1 Å². The van der Waals surface area contributed by atoms with Crippen LogP contribution in [0.15, 0.2) is 48.5 Å². The average molecular weight is 393 g/mol. The molecule has 148 valence electrons. The molecule has 0 spiro atoms. The maximum absolute atomic E-state index is 13.0. The van der Waals surface area contributed by atoms with Gasteiger partial charge in [-0.05, 0) is 67.5 Å². The first-order valence-electron chi connectivity index (χ1n) is 9.92. The molecule has 3 fully saturated rings. The van der Waals surface area contributed by atoms with Crippen molar-refractivity contribution in [3.8, 4) is 5.75 Å². The molecule has 0 radical (unpaired) electrons. The van der Waals surface area contributed by atoms with Crippen molar-refractivity contribution >= 4 is 23.3 Å². The van der Waals surface area contributed by atoms with Gasteiger partial charge in [0.2, 0.25) is 11.8 Å². The largest absolute Gasteiger partial charge is 0.485 e. The number of ketones is 1. The number of anilines is 1. The lowest BCUT2D eigenvalue weighted by molar-refractivity contribution is -0.123. The molecule has 5 rings (SSSR count). The van der Waals surface area contributed by atoms with Crippen LogP contribution in [0.2, 0.25) is 0 Å². The minimum atomic E-state index is -0.409. The van der Waals surface area contributed by atoms with Gasteiger partial charge in [0, 0.05) is 11.6 Å². The quantitative estimate of drug-likeness (QED) is 0.575. The number of carbonyl (C=O) groups is 3. The Hall–Kier alpha value is -3.02. The number of benzene rings is 2. The van der Waals surface area contributed by atoms with Crippen molar-refractivity contribution in [3.05, 3.63) is 59.9 Å². The highest BCUT2D eigenvalue weighted by molar-refractivity contribution is 6.22. The molecule has 2 saturated carbocycles. The zero-order chi connectivity index (χ0) is 20.1. The summed E-state index contributed by atoms with van der Waals surface area (Å²) in [5.41, 5.74) is 0.844. The lowest BCUT2D eigenvalue weighted by Crippen LogP contribution is -2.32. The Bertz CT molecular complexity index is 974. The molecular formula is C23H20FNO4. The highest BCUT2D eigenvalue weighted by Crippen LogP contribution is 2.56. The molecule has 2 bridgehead atoms. The van der Waals surface area contributed by atoms with Gasteiger partial charge in [0.25, 0.3) is 0 Å². The van der Waals surface area contributed by atoms with Crippen molar-refractivity contribution in [2.75, 3.05) is 11.5 Å². The maximum atomic E-state index is 13.0. The fraction of sp³-hybridized carbons (Fsp3) is 0.348. The molecule has 6 heteroatoms. The molecule has 2 amide bonds. The van der Waals surface area contributed by atoms with E-state index in [4.69, 9.17) is 4.74 Å². The second-order valence-electron chi connectivity index (χ2n) is 8.11. The molecule has 1 saturated heterocycles. The van der Waals surface area contributed by atoms with Gasteiger partial charge in [0.1, 0.15) is 11.6 Å². The van der Waals surface area contributed by atoms with Crippen molar-refractivity contribution in [1.82, 2.24) is 0 Å². The van der Waals surface area contributed by atoms with Crippen molar-refractivity contribution in [1.29, 1.82) is 0 Å². The van der Waals surface area contributed by atoms with E-state index in [9.17, 15) is 18.8 Å². The normalized spacial score (nSPS) is 27.4. The van der Waals surface area contributed by atoms with Gasteiger partial charge < -0.3 is 4.74 Å². The van der Waals surface area contributed by atoms with E-state index in [0.717, 1.165) is 19.3 Å². The fourth-order valence-electron chi connectivity index (χ4n) is 5.24. The van der Waals surface area contributed by atoms with Gasteiger partial charge in [-0.3, -0.25) is 14.4 Å². The molecule has 4 atom stereocenters. The van der Waals surface area contributed by atoms with E-state index in [1.54, 1.807) is 24.3 Å². The molecule has 5 nitrogen and oxygen atoms in total. The molecule has 2 aromatic carbocycles. The van der Waals surface area contributed by atoms with Crippen LogP contribution in [0.5, 0.6) is 5.75 Å². The number of hydrogen-bond donors (Lipinski definition) is 0. The van der Waals surface area contributed by atoms with Crippen LogP contribution >= 0.6 is 0 Å². The first kappa shape index (κ1) is 18.0. The smallest absolute Gasteiger partial charge is 0.237 e. The molecule has 1 aliphatic heterocycles. The van der Waals surface area contributed by atoms with Crippen molar-refractivity contribution < 1.29 is 23.5 Å². The minimum absolute atomic E-state index is 0.105. The van der Waals surface area contributed by atoms with Gasteiger partial charge in [-0.25, -0.2) is 9.29 Å². The minimum Gasteiger partial charge on any atom is -0.485 e. The number of nitrogens with zero attached hydrogens (tertiary/aromatic N) is 1. The summed E-state index contributed by atoms with van der Waals surface area (Å²) >= 11 is 0. The first-order chi connectivity index (χ1) is 14.0. The van der Waals surface area contributed by atoms with Crippen LogP contribution in [0.25, 0.3) is 0 Å². The van der Waals surface area contributed by atoms with Gasteiger partial charge in [-0.15, -0.1) is 0 Å². The van der Waals surface area contributed by atoms with E-state index < -0.39 is 5.82 Å². The van der Waals surface area contributed by atoms with Crippen molar-refractivity contribution in [2.24, 2.45) is 23.7 Å². The van der Waals surface area contributed by atoms with Crippen LogP contribution in [0, 0.1) is 29.5 Å². The number of hydrogen-bond acceptors (Lipinski definition) is 4. The number of ether oxygens (including phenoxy) is 1. The fourth-order valence-corrected chi connectivity index (χ4v) is 5.24. The topological polar surface area (TPSA) is 63.7 Å². The second kappa shape index (κ2) is 6.79. The third-order valence-electron chi connectivity index (χ3n) is 6.54. The van der Waals surface area contributed by atoms with Crippen LogP contribution in [-0.2, 0) is 9.59 Å². The second-order valence-corrected chi connectivity index (χ2v) is 8.11. The van der Waals surface area contributed by atoms with Gasteiger partial charge in [0.15, 0.2) is 12.4 Å². The summed E-state index contributed by atoms with van der Waals surface area (Å²) in [7, 11) is 0. The summed E-state index contributed by atoms with van der Waals surface area (Å²) in [6.07, 6.45) is 3.07. The summed E-state index contributed by atoms with van der Waals surface area (Å²) in [4.78, 5) is 39.4. The van der Waals surface area contributed by atoms with E-state index in [2.05, 4.69) is 0 Å². The highest BCUT2D eigenvalue weighted by atomic mass is 19.1. The molecule has 1 heterocycles. The van der Waals surface area contributed by atoms with E-state index in [1.165, 1.54) is 29.2 Å². The number of carbonyl (C=O) groups excluding carboxylic acids is 3. The van der Waals surface area contributed by atoms with Crippen LogP contribution < -0.4 is 9.64 Å². The molecule has 3 aliphatic rings. The van der Waals surface area contributed by atoms with E-state index in [-0.39, 0.29) is 36.0 Å². The molecule has 2 aliphatic carbocycles. The van der Waals surface area contributed by atoms with Crippen LogP contribution in [0.1, 0.15) is 29.6 Å². The van der Waals surface area contributed by atoms with E-state index >= 15 is 0 Å². The standard InChI is InChI=1S/C23H20FNO4/c24-16-8-6-13(7-9-16)19(26)12-29-18-3-1-2-17(11-18)25-22(27)20-14-4-5-15(10-14)21(20)23(25)28/h1-3,6-9,11,14-15,20-21H,4-5,10,12H2/t14-,15-,20-,21+/m0/s1. The van der Waals surface area contributed by atoms with E-state index in [0.29, 0.717) is 28.8 Å². The molecule has 0 unspecified atom stereocenters. The number of imide groups is 1. The van der Waals surface area contributed by atoms with Crippen molar-refractivity contribution in [3.63, 3.8) is 0 Å². The summed E-state index contributed by atoms with van der Waals surface area (Å²) in [6.45, 7) is -0.216. The van der Waals surface area contributed by atoms with Crippen LogP contribution in [0.3, 0.4) is 0 Å². The summed E-state index contributed by atoms with van der Waals surface area (Å²) in [5, 5.41) is 0. The lowest BCUT2D eigenvalue weighted by atomic mass is 9.81. The number of amides is 2. The zero-order valence-electron chi connectivity index (χ0n) is 15.7. The number of Topliss-reactive ketones (excluding diaryl/α,β-unsaturated/α-hetero) is 1. The van der Waals surface area contributed by atoms with Crippen LogP contribution in [-0.4, -0.2) is 24.2 Å². The number of halogens is 1. The van der Waals surface area contributed by atoms with Gasteiger partial charge >= 0.3 is 0 Å². The highest BCUT2D eigenvalue weighted by Gasteiger charge is 2.61. The van der Waals surface area contributed by atoms with Crippen molar-refractivity contribution in [2.45, 2.75) is 19.3 Å². The molecule has 2 aromatic rings.